The minimum absolute atomic E-state index is 0.0510. The largest absolute Gasteiger partial charge is 0.487 e. The number of hydrogen-bond acceptors (Lipinski definition) is 5. The van der Waals surface area contributed by atoms with Crippen molar-refractivity contribution in [1.29, 1.82) is 0 Å². The van der Waals surface area contributed by atoms with Crippen LogP contribution in [0.3, 0.4) is 0 Å². The van der Waals surface area contributed by atoms with Gasteiger partial charge in [-0.15, -0.1) is 0 Å². The van der Waals surface area contributed by atoms with Gasteiger partial charge in [-0.2, -0.15) is 22.5 Å². The molecule has 0 amide bonds. The van der Waals surface area contributed by atoms with Crippen molar-refractivity contribution >= 4 is 0 Å². The number of rotatable bonds is 4. The Morgan fingerprint density at radius 2 is 1.88 bits per heavy atom. The van der Waals surface area contributed by atoms with Gasteiger partial charge in [0.1, 0.15) is 18.2 Å². The van der Waals surface area contributed by atoms with Gasteiger partial charge >= 0.3 is 12.1 Å². The normalized spacial score (nSPS) is 11.6. The van der Waals surface area contributed by atoms with Crippen molar-refractivity contribution in [3.05, 3.63) is 59.7 Å². The van der Waals surface area contributed by atoms with E-state index >= 15 is 0 Å². The molecule has 1 aromatic carbocycles. The smallest absolute Gasteiger partial charge is 0.471 e. The summed E-state index contributed by atoms with van der Waals surface area (Å²) >= 11 is 0. The molecule has 2 heterocycles. The number of hydrogen-bond donors (Lipinski definition) is 0. The Kier molecular flexibility index (Phi) is 4.34. The second-order valence-electron chi connectivity index (χ2n) is 4.84. The van der Waals surface area contributed by atoms with Gasteiger partial charge in [-0.05, 0) is 29.8 Å². The molecule has 0 saturated carbocycles. The minimum Gasteiger partial charge on any atom is -0.487 e. The molecule has 3 aromatic rings. The molecule has 130 valence electrons. The van der Waals surface area contributed by atoms with Crippen molar-refractivity contribution in [3.63, 3.8) is 0 Å². The first kappa shape index (κ1) is 16.8. The average Bonchev–Trinajstić information content (AvgIpc) is 3.04. The molecule has 0 bridgehead atoms. The zero-order valence-corrected chi connectivity index (χ0v) is 12.2. The van der Waals surface area contributed by atoms with Gasteiger partial charge in [-0.3, -0.25) is 0 Å². The highest BCUT2D eigenvalue weighted by atomic mass is 19.4. The van der Waals surface area contributed by atoms with Gasteiger partial charge in [0.05, 0.1) is 11.8 Å². The molecule has 0 radical (unpaired) electrons. The fourth-order valence-electron chi connectivity index (χ4n) is 1.89. The molecule has 0 fully saturated rings. The van der Waals surface area contributed by atoms with Gasteiger partial charge in [-0.25, -0.2) is 9.37 Å². The van der Waals surface area contributed by atoms with Crippen LogP contribution in [0.1, 0.15) is 11.5 Å². The van der Waals surface area contributed by atoms with Crippen LogP contribution in [-0.4, -0.2) is 15.1 Å². The van der Waals surface area contributed by atoms with E-state index in [0.29, 0.717) is 5.56 Å². The van der Waals surface area contributed by atoms with E-state index in [4.69, 9.17) is 4.74 Å². The standard InChI is InChI=1S/C15H8F5N3O2/c16-11-5-8(7-24-9-2-4-12(17)21-6-9)1-3-10(11)13-22-14(25-23-13)15(18,19)20/h1-6H,7H2. The Morgan fingerprint density at radius 3 is 2.48 bits per heavy atom. The second kappa shape index (κ2) is 6.46. The summed E-state index contributed by atoms with van der Waals surface area (Å²) in [5.41, 5.74) is 0.150. The van der Waals surface area contributed by atoms with Crippen LogP contribution in [0, 0.1) is 11.8 Å². The third-order valence-electron chi connectivity index (χ3n) is 3.05. The Hall–Kier alpha value is -3.04. The lowest BCUT2D eigenvalue weighted by molar-refractivity contribution is -0.159. The molecule has 25 heavy (non-hydrogen) atoms. The summed E-state index contributed by atoms with van der Waals surface area (Å²) in [6.45, 7) is -0.0510. The van der Waals surface area contributed by atoms with Crippen LogP contribution in [0.2, 0.25) is 0 Å². The van der Waals surface area contributed by atoms with E-state index in [-0.39, 0.29) is 17.9 Å². The molecule has 0 unspecified atom stereocenters. The number of benzene rings is 1. The summed E-state index contributed by atoms with van der Waals surface area (Å²) in [5.74, 6) is -3.30. The molecule has 0 saturated heterocycles. The van der Waals surface area contributed by atoms with Gasteiger partial charge in [0.25, 0.3) is 0 Å². The molecule has 0 aliphatic rings. The fourth-order valence-corrected chi connectivity index (χ4v) is 1.89. The van der Waals surface area contributed by atoms with E-state index in [0.717, 1.165) is 18.3 Å². The third-order valence-corrected chi connectivity index (χ3v) is 3.05. The summed E-state index contributed by atoms with van der Waals surface area (Å²) in [6.07, 6.45) is -3.64. The van der Waals surface area contributed by atoms with Crippen molar-refractivity contribution in [2.24, 2.45) is 0 Å². The summed E-state index contributed by atoms with van der Waals surface area (Å²) in [6, 6.07) is 6.16. The van der Waals surface area contributed by atoms with Crippen molar-refractivity contribution in [2.45, 2.75) is 12.8 Å². The summed E-state index contributed by atoms with van der Waals surface area (Å²) in [7, 11) is 0. The monoisotopic (exact) mass is 357 g/mol. The van der Waals surface area contributed by atoms with Crippen LogP contribution in [0.25, 0.3) is 11.4 Å². The van der Waals surface area contributed by atoms with Crippen LogP contribution in [-0.2, 0) is 12.8 Å². The molecule has 3 rings (SSSR count). The quantitative estimate of drug-likeness (QED) is 0.522. The number of ether oxygens (including phenoxy) is 1. The minimum atomic E-state index is -4.81. The molecule has 0 aliphatic carbocycles. The molecular formula is C15H8F5N3O2. The molecule has 0 spiro atoms. The predicted molar refractivity (Wildman–Crippen MR) is 73.2 cm³/mol. The highest BCUT2D eigenvalue weighted by molar-refractivity contribution is 5.55. The van der Waals surface area contributed by atoms with Gasteiger partial charge in [0, 0.05) is 0 Å². The topological polar surface area (TPSA) is 61.0 Å². The number of aromatic nitrogens is 3. The van der Waals surface area contributed by atoms with Crippen LogP contribution in [0.5, 0.6) is 5.75 Å². The van der Waals surface area contributed by atoms with Crippen molar-refractivity contribution in [3.8, 4) is 17.1 Å². The molecule has 2 aromatic heterocycles. The van der Waals surface area contributed by atoms with Gasteiger partial charge in [0.2, 0.25) is 11.8 Å². The van der Waals surface area contributed by atoms with E-state index in [2.05, 4.69) is 19.6 Å². The van der Waals surface area contributed by atoms with Gasteiger partial charge < -0.3 is 9.26 Å². The third kappa shape index (κ3) is 3.90. The molecule has 0 aliphatic heterocycles. The lowest BCUT2D eigenvalue weighted by Gasteiger charge is -2.07. The number of halogens is 5. The van der Waals surface area contributed by atoms with Gasteiger partial charge in [0.15, 0.2) is 0 Å². The maximum atomic E-state index is 14.1. The first-order chi connectivity index (χ1) is 11.8. The van der Waals surface area contributed by atoms with Gasteiger partial charge in [-0.1, -0.05) is 11.2 Å². The van der Waals surface area contributed by atoms with E-state index in [1.165, 1.54) is 18.2 Å². The summed E-state index contributed by atoms with van der Waals surface area (Å²) < 4.78 is 73.4. The Bertz CT molecular complexity index is 878. The van der Waals surface area contributed by atoms with E-state index in [1.54, 1.807) is 0 Å². The lowest BCUT2D eigenvalue weighted by Crippen LogP contribution is -2.05. The zero-order valence-electron chi connectivity index (χ0n) is 12.2. The fraction of sp³-hybridized carbons (Fsp3) is 0.133. The number of nitrogens with zero attached hydrogens (tertiary/aromatic N) is 3. The van der Waals surface area contributed by atoms with Crippen LogP contribution in [0.4, 0.5) is 22.0 Å². The van der Waals surface area contributed by atoms with E-state index in [9.17, 15) is 22.0 Å². The Morgan fingerprint density at radius 1 is 1.08 bits per heavy atom. The van der Waals surface area contributed by atoms with E-state index in [1.807, 2.05) is 0 Å². The maximum Gasteiger partial charge on any atom is 0.471 e. The molecular weight excluding hydrogens is 349 g/mol. The Balaban J connectivity index is 1.74. The zero-order chi connectivity index (χ0) is 18.0. The summed E-state index contributed by atoms with van der Waals surface area (Å²) in [4.78, 5) is 6.53. The SMILES string of the molecule is Fc1ccc(OCc2ccc(-c3noc(C(F)(F)F)n3)c(F)c2)cn1. The maximum absolute atomic E-state index is 14.1. The van der Waals surface area contributed by atoms with Crippen LogP contribution >= 0.6 is 0 Å². The first-order valence-corrected chi connectivity index (χ1v) is 6.77. The van der Waals surface area contributed by atoms with Crippen LogP contribution in [0.15, 0.2) is 41.1 Å². The number of pyridine rings is 1. The lowest BCUT2D eigenvalue weighted by atomic mass is 10.1. The average molecular weight is 357 g/mol. The second-order valence-corrected chi connectivity index (χ2v) is 4.84. The predicted octanol–water partition coefficient (Wildman–Crippen LogP) is 4.01. The highest BCUT2D eigenvalue weighted by Gasteiger charge is 2.38. The summed E-state index contributed by atoms with van der Waals surface area (Å²) in [5, 5.41) is 3.12. The highest BCUT2D eigenvalue weighted by Crippen LogP contribution is 2.30. The first-order valence-electron chi connectivity index (χ1n) is 6.77. The number of alkyl halides is 3. The van der Waals surface area contributed by atoms with Crippen molar-refractivity contribution < 1.29 is 31.2 Å². The van der Waals surface area contributed by atoms with E-state index < -0.39 is 29.7 Å². The van der Waals surface area contributed by atoms with Crippen LogP contribution < -0.4 is 4.74 Å². The van der Waals surface area contributed by atoms with Crippen molar-refractivity contribution in [1.82, 2.24) is 15.1 Å². The van der Waals surface area contributed by atoms with Crippen molar-refractivity contribution in [2.75, 3.05) is 0 Å². The molecule has 5 nitrogen and oxygen atoms in total. The molecule has 0 atom stereocenters. The molecule has 0 N–H and O–H groups in total. The molecule has 10 heteroatoms. The Labute approximate surface area is 137 Å².